The molecule has 0 bridgehead atoms. The van der Waals surface area contributed by atoms with Crippen molar-refractivity contribution in [3.05, 3.63) is 65.2 Å². The molecule has 0 spiro atoms. The molecule has 0 aliphatic carbocycles. The van der Waals surface area contributed by atoms with Crippen LogP contribution in [0.3, 0.4) is 0 Å². The van der Waals surface area contributed by atoms with E-state index in [-0.39, 0.29) is 5.78 Å². The summed E-state index contributed by atoms with van der Waals surface area (Å²) in [6.45, 7) is 2.91. The van der Waals surface area contributed by atoms with E-state index in [9.17, 15) is 4.79 Å². The molecule has 2 aromatic rings. The molecule has 0 heterocycles. The third-order valence-corrected chi connectivity index (χ3v) is 3.11. The molecule has 19 heavy (non-hydrogen) atoms. The molecule has 0 atom stereocenters. The summed E-state index contributed by atoms with van der Waals surface area (Å²) in [5, 5.41) is 4.80. The van der Waals surface area contributed by atoms with Gasteiger partial charge in [0.15, 0.2) is 5.78 Å². The van der Waals surface area contributed by atoms with Crippen molar-refractivity contribution in [3.8, 4) is 0 Å². The van der Waals surface area contributed by atoms with Gasteiger partial charge in [-0.05, 0) is 36.8 Å². The van der Waals surface area contributed by atoms with Gasteiger partial charge in [0.2, 0.25) is 0 Å². The minimum Gasteiger partial charge on any atom is -0.385 e. The fraction of sp³-hybridized carbons (Fsp3) is 0.125. The summed E-state index contributed by atoms with van der Waals surface area (Å²) < 4.78 is 0. The van der Waals surface area contributed by atoms with Gasteiger partial charge in [-0.25, -0.2) is 0 Å². The van der Waals surface area contributed by atoms with Gasteiger partial charge in [-0.15, -0.1) is 0 Å². The Morgan fingerprint density at radius 3 is 2.05 bits per heavy atom. The van der Waals surface area contributed by atoms with E-state index in [4.69, 9.17) is 12.2 Å². The Kier molecular flexibility index (Phi) is 4.42. The average molecular weight is 269 g/mol. The van der Waals surface area contributed by atoms with Gasteiger partial charge in [0.1, 0.15) is 0 Å². The quantitative estimate of drug-likeness (QED) is 0.663. The predicted octanol–water partition coefficient (Wildman–Crippen LogP) is 3.70. The highest BCUT2D eigenvalue weighted by atomic mass is 32.1. The highest BCUT2D eigenvalue weighted by Gasteiger charge is 2.08. The fourth-order valence-corrected chi connectivity index (χ4v) is 1.98. The first-order valence-electron chi connectivity index (χ1n) is 6.18. The molecule has 0 aromatic heterocycles. The molecule has 0 aliphatic rings. The van der Waals surface area contributed by atoms with Gasteiger partial charge in [-0.2, -0.15) is 0 Å². The van der Waals surface area contributed by atoms with E-state index < -0.39 is 0 Å². The van der Waals surface area contributed by atoms with Crippen LogP contribution in [-0.4, -0.2) is 17.7 Å². The van der Waals surface area contributed by atoms with Crippen LogP contribution in [0.5, 0.6) is 0 Å². The standard InChI is InChI=1S/C16H15NOS/c1-2-17-15-9-7-14(8-10-15)16(18)13-5-3-12(11-19)4-6-13/h3-11,17H,2H2,1H3. The third kappa shape index (κ3) is 3.26. The second kappa shape index (κ2) is 6.25. The topological polar surface area (TPSA) is 29.1 Å². The van der Waals surface area contributed by atoms with Gasteiger partial charge in [-0.3, -0.25) is 4.79 Å². The molecule has 0 saturated heterocycles. The molecule has 1 N–H and O–H groups in total. The number of thiocarbonyl (C=S) groups is 1. The smallest absolute Gasteiger partial charge is 0.193 e. The van der Waals surface area contributed by atoms with Crippen molar-refractivity contribution in [1.29, 1.82) is 0 Å². The van der Waals surface area contributed by atoms with Gasteiger partial charge in [-0.1, -0.05) is 36.5 Å². The van der Waals surface area contributed by atoms with Crippen molar-refractivity contribution in [2.45, 2.75) is 6.92 Å². The fourth-order valence-electron chi connectivity index (χ4n) is 1.82. The van der Waals surface area contributed by atoms with Crippen molar-refractivity contribution in [2.75, 3.05) is 11.9 Å². The van der Waals surface area contributed by atoms with Crippen molar-refractivity contribution in [1.82, 2.24) is 0 Å². The van der Waals surface area contributed by atoms with Crippen molar-refractivity contribution < 1.29 is 4.79 Å². The summed E-state index contributed by atoms with van der Waals surface area (Å²) in [6, 6.07) is 14.8. The van der Waals surface area contributed by atoms with Crippen LogP contribution in [0.25, 0.3) is 0 Å². The lowest BCUT2D eigenvalue weighted by Crippen LogP contribution is -2.02. The maximum Gasteiger partial charge on any atom is 0.193 e. The van der Waals surface area contributed by atoms with Crippen LogP contribution in [0.4, 0.5) is 5.69 Å². The summed E-state index contributed by atoms with van der Waals surface area (Å²) in [4.78, 5) is 12.3. The second-order valence-corrected chi connectivity index (χ2v) is 4.41. The van der Waals surface area contributed by atoms with E-state index in [1.165, 1.54) is 0 Å². The SMILES string of the molecule is CCNc1ccc(C(=O)c2ccc(C=S)cc2)cc1. The van der Waals surface area contributed by atoms with E-state index in [0.29, 0.717) is 11.1 Å². The van der Waals surface area contributed by atoms with Crippen LogP contribution in [0.15, 0.2) is 48.5 Å². The van der Waals surface area contributed by atoms with E-state index in [1.807, 2.05) is 43.3 Å². The van der Waals surface area contributed by atoms with Crippen LogP contribution in [0, 0.1) is 0 Å². The second-order valence-electron chi connectivity index (χ2n) is 4.18. The van der Waals surface area contributed by atoms with Crippen molar-refractivity contribution in [2.24, 2.45) is 0 Å². The Morgan fingerprint density at radius 2 is 1.58 bits per heavy atom. The maximum absolute atomic E-state index is 12.3. The molecule has 0 amide bonds. The van der Waals surface area contributed by atoms with Crippen LogP contribution in [0.2, 0.25) is 0 Å². The van der Waals surface area contributed by atoms with E-state index in [0.717, 1.165) is 17.8 Å². The first-order valence-corrected chi connectivity index (χ1v) is 6.65. The number of benzene rings is 2. The molecule has 2 aromatic carbocycles. The zero-order chi connectivity index (χ0) is 13.7. The van der Waals surface area contributed by atoms with E-state index in [1.54, 1.807) is 17.5 Å². The van der Waals surface area contributed by atoms with Gasteiger partial charge in [0.25, 0.3) is 0 Å². The number of rotatable bonds is 5. The number of anilines is 1. The highest BCUT2D eigenvalue weighted by molar-refractivity contribution is 7.79. The zero-order valence-corrected chi connectivity index (χ0v) is 11.5. The first kappa shape index (κ1) is 13.4. The number of hydrogen-bond acceptors (Lipinski definition) is 3. The average Bonchev–Trinajstić information content (AvgIpc) is 2.48. The van der Waals surface area contributed by atoms with E-state index >= 15 is 0 Å². The molecule has 2 nitrogen and oxygen atoms in total. The Morgan fingerprint density at radius 1 is 1.05 bits per heavy atom. The molecule has 0 aliphatic heterocycles. The molecule has 3 heteroatoms. The van der Waals surface area contributed by atoms with Crippen LogP contribution < -0.4 is 5.32 Å². The van der Waals surface area contributed by atoms with Crippen molar-refractivity contribution >= 4 is 29.1 Å². The lowest BCUT2D eigenvalue weighted by molar-refractivity contribution is 0.103. The molecular formula is C16H15NOS. The number of ketones is 1. The summed E-state index contributed by atoms with van der Waals surface area (Å²) in [5.41, 5.74) is 3.33. The third-order valence-electron chi connectivity index (χ3n) is 2.84. The molecule has 96 valence electrons. The van der Waals surface area contributed by atoms with Gasteiger partial charge in [0.05, 0.1) is 0 Å². The number of hydrogen-bond donors (Lipinski definition) is 1. The van der Waals surface area contributed by atoms with E-state index in [2.05, 4.69) is 5.32 Å². The van der Waals surface area contributed by atoms with Gasteiger partial charge in [0, 0.05) is 28.7 Å². The van der Waals surface area contributed by atoms with Crippen LogP contribution in [0.1, 0.15) is 28.4 Å². The van der Waals surface area contributed by atoms with Gasteiger partial charge >= 0.3 is 0 Å². The Bertz CT molecular complexity index is 573. The minimum atomic E-state index is 0.0268. The monoisotopic (exact) mass is 269 g/mol. The largest absolute Gasteiger partial charge is 0.385 e. The molecule has 0 unspecified atom stereocenters. The van der Waals surface area contributed by atoms with Gasteiger partial charge < -0.3 is 5.32 Å². The molecule has 0 saturated carbocycles. The Balaban J connectivity index is 2.20. The Labute approximate surface area is 118 Å². The van der Waals surface area contributed by atoms with Crippen LogP contribution in [-0.2, 0) is 0 Å². The first-order chi connectivity index (χ1) is 9.24. The Hall–Kier alpha value is -2.00. The minimum absolute atomic E-state index is 0.0268. The van der Waals surface area contributed by atoms with Crippen molar-refractivity contribution in [3.63, 3.8) is 0 Å². The summed E-state index contributed by atoms with van der Waals surface area (Å²) >= 11 is 4.84. The number of nitrogens with one attached hydrogen (secondary N) is 1. The number of carbonyl (C=O) groups is 1. The predicted molar refractivity (Wildman–Crippen MR) is 83.2 cm³/mol. The maximum atomic E-state index is 12.3. The molecule has 2 rings (SSSR count). The highest BCUT2D eigenvalue weighted by Crippen LogP contribution is 2.14. The molecule has 0 fully saturated rings. The number of carbonyl (C=O) groups excluding carboxylic acids is 1. The summed E-state index contributed by atoms with van der Waals surface area (Å²) in [7, 11) is 0. The summed E-state index contributed by atoms with van der Waals surface area (Å²) in [6.07, 6.45) is 0. The summed E-state index contributed by atoms with van der Waals surface area (Å²) in [5.74, 6) is 0.0268. The lowest BCUT2D eigenvalue weighted by atomic mass is 10.0. The van der Waals surface area contributed by atoms with Crippen LogP contribution >= 0.6 is 12.2 Å². The molecule has 0 radical (unpaired) electrons. The zero-order valence-electron chi connectivity index (χ0n) is 10.7. The molecular weight excluding hydrogens is 254 g/mol. The normalized spacial score (nSPS) is 9.95. The lowest BCUT2D eigenvalue weighted by Gasteiger charge is -2.05.